The summed E-state index contributed by atoms with van der Waals surface area (Å²) in [7, 11) is 0. The van der Waals surface area contributed by atoms with E-state index in [1.165, 1.54) is 24.5 Å². The molecule has 0 aliphatic rings. The average Bonchev–Trinajstić information content (AvgIpc) is 2.62. The van der Waals surface area contributed by atoms with Gasteiger partial charge in [0.25, 0.3) is 0 Å². The Labute approximate surface area is 147 Å². The molecule has 0 spiro atoms. The fourth-order valence-corrected chi connectivity index (χ4v) is 2.24. The number of aromatic nitrogens is 2. The lowest BCUT2D eigenvalue weighted by Crippen LogP contribution is -2.05. The van der Waals surface area contributed by atoms with Crippen LogP contribution >= 0.6 is 0 Å². The first kappa shape index (κ1) is 17.2. The number of anilines is 4. The Balaban J connectivity index is 1.81. The number of halogens is 3. The van der Waals surface area contributed by atoms with Gasteiger partial charge in [0, 0.05) is 11.8 Å². The molecule has 5 nitrogen and oxygen atoms in total. The average molecular weight is 355 g/mol. The summed E-state index contributed by atoms with van der Waals surface area (Å²) < 4.78 is 38.4. The first-order chi connectivity index (χ1) is 12.5. The number of hydrogen-bond donors (Lipinski definition) is 2. The maximum absolute atomic E-state index is 12.8. The molecule has 0 bridgehead atoms. The second kappa shape index (κ2) is 7.11. The summed E-state index contributed by atoms with van der Waals surface area (Å²) in [5.41, 5.74) is 0.511. The summed E-state index contributed by atoms with van der Waals surface area (Å²) in [4.78, 5) is 8.06. The van der Waals surface area contributed by atoms with Crippen LogP contribution in [-0.2, 0) is 6.18 Å². The molecule has 0 saturated carbocycles. The minimum atomic E-state index is -4.42. The Morgan fingerprint density at radius 2 is 1.62 bits per heavy atom. The van der Waals surface area contributed by atoms with Gasteiger partial charge in [-0.15, -0.1) is 0 Å². The van der Waals surface area contributed by atoms with Gasteiger partial charge < -0.3 is 10.6 Å². The summed E-state index contributed by atoms with van der Waals surface area (Å²) in [5, 5.41) is 14.9. The lowest BCUT2D eigenvalue weighted by molar-refractivity contribution is -0.137. The Kier molecular flexibility index (Phi) is 4.71. The monoisotopic (exact) mass is 355 g/mol. The van der Waals surface area contributed by atoms with Gasteiger partial charge in [0.05, 0.1) is 16.8 Å². The predicted octanol–water partition coefficient (Wildman–Crippen LogP) is 4.85. The highest BCUT2D eigenvalue weighted by Gasteiger charge is 2.30. The predicted molar refractivity (Wildman–Crippen MR) is 91.2 cm³/mol. The Bertz CT molecular complexity index is 963. The Hall–Kier alpha value is -3.60. The number of nitriles is 1. The van der Waals surface area contributed by atoms with Gasteiger partial charge in [-0.3, -0.25) is 0 Å². The number of nitrogens with one attached hydrogen (secondary N) is 2. The molecule has 1 aromatic heterocycles. The standard InChI is InChI=1S/C18H12F3N5/c19-18(20,21)13-5-3-6-14(8-13)25-16-9-17(24-11-23-16)26-15-7-2-1-4-12(15)10-22/h1-9,11H,(H2,23,24,25,26). The minimum Gasteiger partial charge on any atom is -0.340 e. The zero-order chi connectivity index (χ0) is 18.6. The molecule has 130 valence electrons. The van der Waals surface area contributed by atoms with E-state index in [0.717, 1.165) is 12.1 Å². The van der Waals surface area contributed by atoms with E-state index < -0.39 is 11.7 Å². The lowest BCUT2D eigenvalue weighted by atomic mass is 10.2. The molecule has 0 radical (unpaired) electrons. The van der Waals surface area contributed by atoms with Crippen LogP contribution < -0.4 is 10.6 Å². The molecule has 0 atom stereocenters. The van der Waals surface area contributed by atoms with Gasteiger partial charge in [0.1, 0.15) is 24.0 Å². The van der Waals surface area contributed by atoms with Crippen molar-refractivity contribution in [3.63, 3.8) is 0 Å². The van der Waals surface area contributed by atoms with E-state index in [2.05, 4.69) is 26.7 Å². The van der Waals surface area contributed by atoms with E-state index in [1.807, 2.05) is 0 Å². The number of para-hydroxylation sites is 1. The van der Waals surface area contributed by atoms with Gasteiger partial charge in [0.2, 0.25) is 0 Å². The molecule has 0 aliphatic carbocycles. The van der Waals surface area contributed by atoms with Crippen LogP contribution in [0.1, 0.15) is 11.1 Å². The van der Waals surface area contributed by atoms with Gasteiger partial charge in [-0.1, -0.05) is 18.2 Å². The van der Waals surface area contributed by atoms with Crippen LogP contribution in [0.2, 0.25) is 0 Å². The van der Waals surface area contributed by atoms with E-state index >= 15 is 0 Å². The second-order valence-electron chi connectivity index (χ2n) is 5.27. The number of alkyl halides is 3. The van der Waals surface area contributed by atoms with Crippen molar-refractivity contribution in [3.8, 4) is 6.07 Å². The van der Waals surface area contributed by atoms with Gasteiger partial charge in [0.15, 0.2) is 0 Å². The zero-order valence-electron chi connectivity index (χ0n) is 13.2. The molecule has 2 N–H and O–H groups in total. The van der Waals surface area contributed by atoms with Crippen LogP contribution in [0.15, 0.2) is 60.9 Å². The van der Waals surface area contributed by atoms with Gasteiger partial charge in [-0.25, -0.2) is 9.97 Å². The van der Waals surface area contributed by atoms with E-state index in [-0.39, 0.29) is 5.69 Å². The van der Waals surface area contributed by atoms with Crippen LogP contribution in [0.5, 0.6) is 0 Å². The zero-order valence-corrected chi connectivity index (χ0v) is 13.2. The van der Waals surface area contributed by atoms with Crippen LogP contribution in [0, 0.1) is 11.3 Å². The van der Waals surface area contributed by atoms with E-state index in [4.69, 9.17) is 5.26 Å². The molecular formula is C18H12F3N5. The van der Waals surface area contributed by atoms with Crippen LogP contribution in [-0.4, -0.2) is 9.97 Å². The third-order valence-electron chi connectivity index (χ3n) is 3.44. The molecule has 0 amide bonds. The highest BCUT2D eigenvalue weighted by molar-refractivity contribution is 5.67. The van der Waals surface area contributed by atoms with Crippen molar-refractivity contribution in [2.75, 3.05) is 10.6 Å². The highest BCUT2D eigenvalue weighted by Crippen LogP contribution is 2.31. The maximum Gasteiger partial charge on any atom is 0.416 e. The van der Waals surface area contributed by atoms with Crippen molar-refractivity contribution < 1.29 is 13.2 Å². The van der Waals surface area contributed by atoms with Crippen LogP contribution in [0.25, 0.3) is 0 Å². The van der Waals surface area contributed by atoms with E-state index in [9.17, 15) is 13.2 Å². The molecule has 0 fully saturated rings. The second-order valence-corrected chi connectivity index (χ2v) is 5.27. The Morgan fingerprint density at radius 1 is 0.885 bits per heavy atom. The van der Waals surface area contributed by atoms with Crippen molar-refractivity contribution in [3.05, 3.63) is 72.1 Å². The summed E-state index contributed by atoms with van der Waals surface area (Å²) in [6.45, 7) is 0. The molecule has 0 aliphatic heterocycles. The first-order valence-corrected chi connectivity index (χ1v) is 7.48. The quantitative estimate of drug-likeness (QED) is 0.699. The van der Waals surface area contributed by atoms with E-state index in [0.29, 0.717) is 22.9 Å². The molecule has 3 aromatic rings. The summed E-state index contributed by atoms with van der Waals surface area (Å²) in [6.07, 6.45) is -3.15. The molecule has 3 rings (SSSR count). The molecule has 8 heteroatoms. The fourth-order valence-electron chi connectivity index (χ4n) is 2.24. The number of benzene rings is 2. The summed E-state index contributed by atoms with van der Waals surface area (Å²) in [5.74, 6) is 0.716. The molecule has 2 aromatic carbocycles. The minimum absolute atomic E-state index is 0.252. The van der Waals surface area contributed by atoms with Crippen molar-refractivity contribution in [1.29, 1.82) is 5.26 Å². The number of hydrogen-bond acceptors (Lipinski definition) is 5. The molecule has 0 saturated heterocycles. The SMILES string of the molecule is N#Cc1ccccc1Nc1cc(Nc2cccc(C(F)(F)F)c2)ncn1. The third kappa shape index (κ3) is 4.08. The molecular weight excluding hydrogens is 343 g/mol. The molecule has 1 heterocycles. The Morgan fingerprint density at radius 3 is 2.35 bits per heavy atom. The van der Waals surface area contributed by atoms with Crippen LogP contribution in [0.3, 0.4) is 0 Å². The lowest BCUT2D eigenvalue weighted by Gasteiger charge is -2.11. The van der Waals surface area contributed by atoms with Crippen molar-refractivity contribution in [2.24, 2.45) is 0 Å². The smallest absolute Gasteiger partial charge is 0.340 e. The number of nitrogens with zero attached hydrogens (tertiary/aromatic N) is 3. The normalized spacial score (nSPS) is 10.8. The molecule has 0 unspecified atom stereocenters. The van der Waals surface area contributed by atoms with Crippen molar-refractivity contribution in [2.45, 2.75) is 6.18 Å². The number of rotatable bonds is 4. The topological polar surface area (TPSA) is 73.6 Å². The van der Waals surface area contributed by atoms with E-state index in [1.54, 1.807) is 24.3 Å². The molecule has 26 heavy (non-hydrogen) atoms. The largest absolute Gasteiger partial charge is 0.416 e. The summed E-state index contributed by atoms with van der Waals surface area (Å²) >= 11 is 0. The van der Waals surface area contributed by atoms with Crippen LogP contribution in [0.4, 0.5) is 36.2 Å². The fraction of sp³-hybridized carbons (Fsp3) is 0.0556. The van der Waals surface area contributed by atoms with Gasteiger partial charge in [-0.05, 0) is 30.3 Å². The third-order valence-corrected chi connectivity index (χ3v) is 3.44. The maximum atomic E-state index is 12.8. The van der Waals surface area contributed by atoms with Gasteiger partial charge in [-0.2, -0.15) is 18.4 Å². The first-order valence-electron chi connectivity index (χ1n) is 7.48. The van der Waals surface area contributed by atoms with Crippen molar-refractivity contribution in [1.82, 2.24) is 9.97 Å². The highest BCUT2D eigenvalue weighted by atomic mass is 19.4. The van der Waals surface area contributed by atoms with Crippen molar-refractivity contribution >= 4 is 23.0 Å². The van der Waals surface area contributed by atoms with Gasteiger partial charge >= 0.3 is 6.18 Å². The summed E-state index contributed by atoms with van der Waals surface area (Å²) in [6, 6.07) is 15.3.